The van der Waals surface area contributed by atoms with E-state index in [2.05, 4.69) is 27.2 Å². The van der Waals surface area contributed by atoms with Gasteiger partial charge in [0.05, 0.1) is 12.3 Å². The maximum absolute atomic E-state index is 2.59. The van der Waals surface area contributed by atoms with Crippen molar-refractivity contribution in [2.24, 2.45) is 0 Å². The second-order valence-electron chi connectivity index (χ2n) is 6.92. The molecule has 0 heterocycles. The van der Waals surface area contributed by atoms with Gasteiger partial charge >= 0.3 is 0 Å². The highest BCUT2D eigenvalue weighted by Crippen LogP contribution is 2.52. The lowest BCUT2D eigenvalue weighted by atomic mass is 10.1. The Kier molecular flexibility index (Phi) is 18.9. The summed E-state index contributed by atoms with van der Waals surface area (Å²) in [5.74, 6) is 0. The van der Waals surface area contributed by atoms with Crippen LogP contribution < -0.4 is 17.0 Å². The summed E-state index contributed by atoms with van der Waals surface area (Å²) in [7, 11) is -0.554. The van der Waals surface area contributed by atoms with Crippen LogP contribution in [0, 0.1) is 0 Å². The maximum Gasteiger partial charge on any atom is 0.0589 e. The average molecular weight is 367 g/mol. The van der Waals surface area contributed by atoms with Gasteiger partial charge in [0.15, 0.2) is 0 Å². The molecule has 0 aliphatic rings. The van der Waals surface area contributed by atoms with Gasteiger partial charge in [-0.15, -0.1) is 0 Å². The van der Waals surface area contributed by atoms with E-state index in [0.717, 1.165) is 0 Å². The third kappa shape index (κ3) is 17.0. The predicted molar refractivity (Wildman–Crippen MR) is 95.3 cm³/mol. The normalized spacial score (nSPS) is 11.4. The minimum Gasteiger partial charge on any atom is -1.00 e. The van der Waals surface area contributed by atoms with E-state index in [1.54, 1.807) is 12.3 Å². The largest absolute Gasteiger partial charge is 1.00 e. The van der Waals surface area contributed by atoms with Gasteiger partial charge < -0.3 is 17.0 Å². The molecule has 0 unspecified atom stereocenters. The van der Waals surface area contributed by atoms with Crippen molar-refractivity contribution >= 4 is 7.26 Å². The molecule has 0 nitrogen and oxygen atoms in total. The lowest BCUT2D eigenvalue weighted by Gasteiger charge is -2.18. The zero-order valence-electron chi connectivity index (χ0n) is 14.7. The molecule has 124 valence electrons. The fourth-order valence-corrected chi connectivity index (χ4v) is 5.14. The lowest BCUT2D eigenvalue weighted by molar-refractivity contribution is -0.00000453. The van der Waals surface area contributed by atoms with Crippen molar-refractivity contribution in [3.63, 3.8) is 0 Å². The van der Waals surface area contributed by atoms with Crippen molar-refractivity contribution < 1.29 is 17.0 Å². The van der Waals surface area contributed by atoms with E-state index in [1.807, 2.05) is 0 Å². The molecule has 0 amide bonds. The van der Waals surface area contributed by atoms with Crippen LogP contribution in [0.25, 0.3) is 0 Å². The third-order valence-corrected chi connectivity index (χ3v) is 7.29. The highest BCUT2D eigenvalue weighted by atomic mass is 79.9. The summed E-state index contributed by atoms with van der Waals surface area (Å²) in [6.07, 6.45) is 20.6. The first-order chi connectivity index (χ1) is 9.12. The first-order valence-corrected chi connectivity index (χ1v) is 12.0. The summed E-state index contributed by atoms with van der Waals surface area (Å²) < 4.78 is 0. The SMILES string of the molecule is CCCCCCCC[P+](C)(C)CCCCCCCC.[Br-]. The second kappa shape index (κ2) is 16.3. The summed E-state index contributed by atoms with van der Waals surface area (Å²) in [6, 6.07) is 0. The predicted octanol–water partition coefficient (Wildman–Crippen LogP) is 3.99. The van der Waals surface area contributed by atoms with Crippen molar-refractivity contribution in [1.82, 2.24) is 0 Å². The molecule has 0 fully saturated rings. The van der Waals surface area contributed by atoms with Crippen LogP contribution in [0.5, 0.6) is 0 Å². The molecule has 0 radical (unpaired) electrons. The molecule has 0 aliphatic carbocycles. The van der Waals surface area contributed by atoms with Gasteiger partial charge in [-0.2, -0.15) is 0 Å². The van der Waals surface area contributed by atoms with Crippen LogP contribution in [0.1, 0.15) is 90.9 Å². The second-order valence-corrected chi connectivity index (χ2v) is 11.7. The molecule has 0 atom stereocenters. The Labute approximate surface area is 141 Å². The molecule has 0 N–H and O–H groups in total. The molecule has 0 aliphatic heterocycles. The zero-order valence-corrected chi connectivity index (χ0v) is 17.2. The van der Waals surface area contributed by atoms with E-state index >= 15 is 0 Å². The molecule has 0 saturated heterocycles. The monoisotopic (exact) mass is 366 g/mol. The van der Waals surface area contributed by atoms with Gasteiger partial charge in [0.25, 0.3) is 0 Å². The van der Waals surface area contributed by atoms with Crippen LogP contribution in [-0.4, -0.2) is 25.7 Å². The number of rotatable bonds is 14. The van der Waals surface area contributed by atoms with Crippen molar-refractivity contribution in [1.29, 1.82) is 0 Å². The lowest BCUT2D eigenvalue weighted by Crippen LogP contribution is -3.00. The van der Waals surface area contributed by atoms with Gasteiger partial charge in [-0.3, -0.25) is 0 Å². The summed E-state index contributed by atoms with van der Waals surface area (Å²) in [5.41, 5.74) is 0. The van der Waals surface area contributed by atoms with Crippen LogP contribution >= 0.6 is 7.26 Å². The smallest absolute Gasteiger partial charge is 0.0589 e. The summed E-state index contributed by atoms with van der Waals surface area (Å²) in [4.78, 5) is 0. The minimum absolute atomic E-state index is 0. The van der Waals surface area contributed by atoms with Crippen LogP contribution in [0.4, 0.5) is 0 Å². The molecule has 0 aromatic heterocycles. The fraction of sp³-hybridized carbons (Fsp3) is 1.00. The van der Waals surface area contributed by atoms with E-state index in [9.17, 15) is 0 Å². The van der Waals surface area contributed by atoms with Gasteiger partial charge in [0.2, 0.25) is 0 Å². The van der Waals surface area contributed by atoms with Crippen molar-refractivity contribution in [3.8, 4) is 0 Å². The van der Waals surface area contributed by atoms with Crippen molar-refractivity contribution in [3.05, 3.63) is 0 Å². The summed E-state index contributed by atoms with van der Waals surface area (Å²) >= 11 is 0. The fourth-order valence-electron chi connectivity index (χ4n) is 2.75. The number of hydrogen-bond acceptors (Lipinski definition) is 0. The van der Waals surface area contributed by atoms with Crippen molar-refractivity contribution in [2.45, 2.75) is 90.9 Å². The number of hydrogen-bond donors (Lipinski definition) is 0. The Hall–Kier alpha value is 0.910. The molecule has 0 aromatic carbocycles. The average Bonchev–Trinajstić information content (AvgIpc) is 2.38. The van der Waals surface area contributed by atoms with Crippen LogP contribution in [0.2, 0.25) is 0 Å². The molecule has 0 bridgehead atoms. The van der Waals surface area contributed by atoms with E-state index in [4.69, 9.17) is 0 Å². The Morgan fingerprint density at radius 3 is 1.15 bits per heavy atom. The van der Waals surface area contributed by atoms with Crippen LogP contribution in [-0.2, 0) is 0 Å². The zero-order chi connectivity index (χ0) is 14.4. The molecule has 20 heavy (non-hydrogen) atoms. The summed E-state index contributed by atoms with van der Waals surface area (Å²) in [6.45, 7) is 9.78. The number of unbranched alkanes of at least 4 members (excludes halogenated alkanes) is 10. The van der Waals surface area contributed by atoms with Gasteiger partial charge in [-0.05, 0) is 25.7 Å². The third-order valence-electron chi connectivity index (χ3n) is 4.23. The standard InChI is InChI=1S/C18H40P.BrH/c1-5-7-9-11-13-15-17-19(3,4)18-16-14-12-10-8-6-2;/h5-18H2,1-4H3;1H/q+1;/p-1. The number of halogens is 1. The Morgan fingerprint density at radius 1 is 0.500 bits per heavy atom. The highest BCUT2D eigenvalue weighted by Gasteiger charge is 2.23. The van der Waals surface area contributed by atoms with E-state index in [-0.39, 0.29) is 17.0 Å². The van der Waals surface area contributed by atoms with Crippen LogP contribution in [0.3, 0.4) is 0 Å². The molecule has 2 heteroatoms. The molecule has 0 spiro atoms. The van der Waals surface area contributed by atoms with Crippen LogP contribution in [0.15, 0.2) is 0 Å². The molecule has 0 saturated carbocycles. The molecular weight excluding hydrogens is 327 g/mol. The van der Waals surface area contributed by atoms with E-state index in [0.29, 0.717) is 0 Å². The Morgan fingerprint density at radius 2 is 0.800 bits per heavy atom. The molecule has 0 rings (SSSR count). The summed E-state index contributed by atoms with van der Waals surface area (Å²) in [5, 5.41) is 0. The van der Waals surface area contributed by atoms with E-state index in [1.165, 1.54) is 77.0 Å². The van der Waals surface area contributed by atoms with Gasteiger partial charge in [0.1, 0.15) is 0 Å². The molecular formula is C18H40BrP. The highest BCUT2D eigenvalue weighted by molar-refractivity contribution is 7.74. The van der Waals surface area contributed by atoms with Crippen molar-refractivity contribution in [2.75, 3.05) is 25.7 Å². The topological polar surface area (TPSA) is 0 Å². The van der Waals surface area contributed by atoms with Gasteiger partial charge in [0, 0.05) is 20.6 Å². The van der Waals surface area contributed by atoms with Gasteiger partial charge in [-0.25, -0.2) is 0 Å². The first-order valence-electron chi connectivity index (χ1n) is 8.94. The Bertz CT molecular complexity index is 162. The minimum atomic E-state index is -0.554. The molecule has 0 aromatic rings. The maximum atomic E-state index is 2.59. The quantitative estimate of drug-likeness (QED) is 0.322. The Balaban J connectivity index is 0. The van der Waals surface area contributed by atoms with Gasteiger partial charge in [-0.1, -0.05) is 65.2 Å². The first kappa shape index (κ1) is 23.2. The van der Waals surface area contributed by atoms with E-state index < -0.39 is 7.26 Å².